The minimum atomic E-state index is -1.54. The van der Waals surface area contributed by atoms with Crippen molar-refractivity contribution in [1.29, 1.82) is 0 Å². The van der Waals surface area contributed by atoms with Gasteiger partial charge in [0.25, 0.3) is 0 Å². The molecule has 0 aliphatic carbocycles. The van der Waals surface area contributed by atoms with Crippen LogP contribution in [0.5, 0.6) is 0 Å². The van der Waals surface area contributed by atoms with Gasteiger partial charge in [-0.1, -0.05) is 201 Å². The fraction of sp³-hybridized carbons (Fsp3) is 0.974. The van der Waals surface area contributed by atoms with Gasteiger partial charge in [-0.25, -0.2) is 4.79 Å². The van der Waals surface area contributed by atoms with E-state index in [0.717, 1.165) is 38.5 Å². The molecule has 2 N–H and O–H groups in total. The van der Waals surface area contributed by atoms with Crippen molar-refractivity contribution in [3.63, 3.8) is 0 Å². The van der Waals surface area contributed by atoms with Crippen LogP contribution in [0.3, 0.4) is 0 Å². The molecular weight excluding hydrogens is 504 g/mol. The predicted molar refractivity (Wildman–Crippen MR) is 181 cm³/mol. The summed E-state index contributed by atoms with van der Waals surface area (Å²) in [7, 11) is 0. The first-order chi connectivity index (χ1) is 20.0. The number of rotatable bonds is 34. The lowest BCUT2D eigenvalue weighted by Crippen LogP contribution is -2.46. The number of aliphatic hydroxyl groups is 1. The third kappa shape index (κ3) is 24.6. The summed E-state index contributed by atoms with van der Waals surface area (Å²) in [6.07, 6.45) is 39.0. The van der Waals surface area contributed by atoms with Crippen molar-refractivity contribution in [2.24, 2.45) is 5.92 Å². The van der Waals surface area contributed by atoms with Crippen LogP contribution in [0.25, 0.3) is 0 Å². The standard InChI is InChI=1S/C38H76O3/c1-4-7-10-13-16-18-19-20-21-22-24-26-29-32-35-38(41,37(39)40)36(33-30-27-15-12-9-6-3)34-31-28-25-23-17-14-11-8-5-2/h36,41H,4-35H2,1-3H3,(H,39,40). The molecule has 0 aromatic carbocycles. The third-order valence-electron chi connectivity index (χ3n) is 9.52. The van der Waals surface area contributed by atoms with Crippen LogP contribution in [-0.2, 0) is 4.79 Å². The summed E-state index contributed by atoms with van der Waals surface area (Å²) in [6, 6.07) is 0. The van der Waals surface area contributed by atoms with E-state index >= 15 is 0 Å². The molecule has 41 heavy (non-hydrogen) atoms. The second-order valence-corrected chi connectivity index (χ2v) is 13.4. The van der Waals surface area contributed by atoms with E-state index in [2.05, 4.69) is 20.8 Å². The maximum absolute atomic E-state index is 12.4. The highest BCUT2D eigenvalue weighted by atomic mass is 16.4. The Hall–Kier alpha value is -0.570. The zero-order chi connectivity index (χ0) is 30.3. The van der Waals surface area contributed by atoms with Gasteiger partial charge >= 0.3 is 5.97 Å². The fourth-order valence-corrected chi connectivity index (χ4v) is 6.57. The highest BCUT2D eigenvalue weighted by molar-refractivity contribution is 5.77. The Morgan fingerprint density at radius 2 is 0.683 bits per heavy atom. The van der Waals surface area contributed by atoms with Gasteiger partial charge in [-0.15, -0.1) is 0 Å². The summed E-state index contributed by atoms with van der Waals surface area (Å²) in [5.41, 5.74) is -1.54. The Morgan fingerprint density at radius 3 is 0.951 bits per heavy atom. The van der Waals surface area contributed by atoms with Gasteiger partial charge in [-0.3, -0.25) is 0 Å². The largest absolute Gasteiger partial charge is 0.479 e. The van der Waals surface area contributed by atoms with Crippen molar-refractivity contribution >= 4 is 5.97 Å². The molecule has 2 unspecified atom stereocenters. The predicted octanol–water partition coefficient (Wildman–Crippen LogP) is 13.0. The number of aliphatic carboxylic acids is 1. The summed E-state index contributed by atoms with van der Waals surface area (Å²) in [5, 5.41) is 21.7. The Kier molecular flexibility index (Phi) is 30.4. The van der Waals surface area contributed by atoms with Gasteiger partial charge in [0.1, 0.15) is 0 Å². The van der Waals surface area contributed by atoms with Gasteiger partial charge in [0.2, 0.25) is 0 Å². The van der Waals surface area contributed by atoms with E-state index in [1.807, 2.05) is 0 Å². The number of unbranched alkanes of at least 4 members (excludes halogenated alkanes) is 26. The molecule has 0 fully saturated rings. The van der Waals surface area contributed by atoms with Gasteiger partial charge in [0.05, 0.1) is 0 Å². The number of hydrogen-bond acceptors (Lipinski definition) is 2. The molecule has 246 valence electrons. The summed E-state index contributed by atoms with van der Waals surface area (Å²) < 4.78 is 0. The van der Waals surface area contributed by atoms with E-state index in [9.17, 15) is 15.0 Å². The Balaban J connectivity index is 4.38. The van der Waals surface area contributed by atoms with Crippen LogP contribution in [-0.4, -0.2) is 21.8 Å². The molecule has 0 spiro atoms. The van der Waals surface area contributed by atoms with Crippen LogP contribution < -0.4 is 0 Å². The molecule has 0 aromatic heterocycles. The Labute approximate surface area is 258 Å². The topological polar surface area (TPSA) is 57.5 Å². The third-order valence-corrected chi connectivity index (χ3v) is 9.52. The minimum Gasteiger partial charge on any atom is -0.479 e. The van der Waals surface area contributed by atoms with E-state index in [1.54, 1.807) is 0 Å². The summed E-state index contributed by atoms with van der Waals surface area (Å²) in [6.45, 7) is 6.78. The zero-order valence-corrected chi connectivity index (χ0v) is 28.5. The highest BCUT2D eigenvalue weighted by Gasteiger charge is 2.42. The Morgan fingerprint density at radius 1 is 0.439 bits per heavy atom. The minimum absolute atomic E-state index is 0.0994. The molecule has 0 aliphatic heterocycles. The lowest BCUT2D eigenvalue weighted by Gasteiger charge is -2.33. The lowest BCUT2D eigenvalue weighted by atomic mass is 9.77. The van der Waals surface area contributed by atoms with Crippen molar-refractivity contribution in [1.82, 2.24) is 0 Å². The summed E-state index contributed by atoms with van der Waals surface area (Å²) in [5.74, 6) is -1.07. The van der Waals surface area contributed by atoms with Crippen molar-refractivity contribution in [2.75, 3.05) is 0 Å². The maximum Gasteiger partial charge on any atom is 0.335 e. The molecule has 0 amide bonds. The molecule has 0 bridgehead atoms. The Bertz CT molecular complexity index is 534. The average Bonchev–Trinajstić information content (AvgIpc) is 2.96. The molecule has 0 radical (unpaired) electrons. The number of carbonyl (C=O) groups is 1. The quantitative estimate of drug-likeness (QED) is 0.0744. The monoisotopic (exact) mass is 581 g/mol. The normalized spacial score (nSPS) is 13.9. The molecule has 0 heterocycles. The van der Waals surface area contributed by atoms with E-state index in [-0.39, 0.29) is 5.92 Å². The number of carboxylic acids is 1. The van der Waals surface area contributed by atoms with E-state index in [1.165, 1.54) is 161 Å². The molecule has 3 heteroatoms. The van der Waals surface area contributed by atoms with Crippen LogP contribution in [0.2, 0.25) is 0 Å². The molecule has 0 rings (SSSR count). The number of carboxylic acid groups (broad SMARTS) is 1. The van der Waals surface area contributed by atoms with Crippen LogP contribution in [0.15, 0.2) is 0 Å². The first kappa shape index (κ1) is 40.4. The molecule has 0 saturated heterocycles. The fourth-order valence-electron chi connectivity index (χ4n) is 6.57. The SMILES string of the molecule is CCCCCCCCCCCCCCCCC(O)(C(=O)O)C(CCCCCCCC)CCCCCCCCCCC. The maximum atomic E-state index is 12.4. The highest BCUT2D eigenvalue weighted by Crippen LogP contribution is 2.34. The second kappa shape index (κ2) is 30.9. The van der Waals surface area contributed by atoms with Gasteiger partial charge in [-0.05, 0) is 31.6 Å². The second-order valence-electron chi connectivity index (χ2n) is 13.4. The van der Waals surface area contributed by atoms with Crippen molar-refractivity contribution < 1.29 is 15.0 Å². The van der Waals surface area contributed by atoms with Crippen molar-refractivity contribution in [3.8, 4) is 0 Å². The van der Waals surface area contributed by atoms with E-state index < -0.39 is 11.6 Å². The van der Waals surface area contributed by atoms with Crippen LogP contribution in [0, 0.1) is 5.92 Å². The summed E-state index contributed by atoms with van der Waals surface area (Å²) >= 11 is 0. The van der Waals surface area contributed by atoms with E-state index in [0.29, 0.717) is 6.42 Å². The average molecular weight is 581 g/mol. The molecule has 3 nitrogen and oxygen atoms in total. The smallest absolute Gasteiger partial charge is 0.335 e. The van der Waals surface area contributed by atoms with Gasteiger partial charge in [-0.2, -0.15) is 0 Å². The van der Waals surface area contributed by atoms with Crippen LogP contribution in [0.4, 0.5) is 0 Å². The number of hydrogen-bond donors (Lipinski definition) is 2. The first-order valence-corrected chi connectivity index (χ1v) is 19.0. The van der Waals surface area contributed by atoms with Gasteiger partial charge in [0, 0.05) is 0 Å². The summed E-state index contributed by atoms with van der Waals surface area (Å²) in [4.78, 5) is 12.4. The molecule has 0 aromatic rings. The van der Waals surface area contributed by atoms with Crippen molar-refractivity contribution in [2.45, 2.75) is 232 Å². The van der Waals surface area contributed by atoms with Crippen molar-refractivity contribution in [3.05, 3.63) is 0 Å². The molecule has 2 atom stereocenters. The van der Waals surface area contributed by atoms with E-state index in [4.69, 9.17) is 0 Å². The molecular formula is C38H76O3. The van der Waals surface area contributed by atoms with Gasteiger partial charge < -0.3 is 10.2 Å². The van der Waals surface area contributed by atoms with Gasteiger partial charge in [0.15, 0.2) is 5.60 Å². The zero-order valence-electron chi connectivity index (χ0n) is 28.5. The molecule has 0 aliphatic rings. The lowest BCUT2D eigenvalue weighted by molar-refractivity contribution is -0.167. The molecule has 0 saturated carbocycles. The first-order valence-electron chi connectivity index (χ1n) is 19.0. The van der Waals surface area contributed by atoms with Crippen LogP contribution >= 0.6 is 0 Å². The van der Waals surface area contributed by atoms with Crippen LogP contribution in [0.1, 0.15) is 226 Å².